The van der Waals surface area contributed by atoms with Crippen LogP contribution in [0.5, 0.6) is 5.75 Å². The summed E-state index contributed by atoms with van der Waals surface area (Å²) < 4.78 is 5.11. The van der Waals surface area contributed by atoms with E-state index in [1.807, 2.05) is 24.3 Å². The first-order valence-electron chi connectivity index (χ1n) is 7.53. The smallest absolute Gasteiger partial charge is 0.245 e. The standard InChI is InChI=1S/C16H23N3O3/c1-22-14-4-2-13(3-5-14)6-9-18-15(21)16(19-12-20)7-10-17-11-8-16/h2-5,12,17H,6-11H2,1H3,(H,18,21)(H,19,20). The molecule has 120 valence electrons. The molecule has 2 amide bonds. The maximum absolute atomic E-state index is 12.4. The number of amides is 2. The van der Waals surface area contributed by atoms with Crippen LogP contribution in [0.3, 0.4) is 0 Å². The Bertz CT molecular complexity index is 496. The lowest BCUT2D eigenvalue weighted by Gasteiger charge is -2.35. The van der Waals surface area contributed by atoms with Gasteiger partial charge in [0.1, 0.15) is 11.3 Å². The van der Waals surface area contributed by atoms with Crippen molar-refractivity contribution < 1.29 is 14.3 Å². The average molecular weight is 305 g/mol. The van der Waals surface area contributed by atoms with Crippen molar-refractivity contribution in [2.24, 2.45) is 0 Å². The summed E-state index contributed by atoms with van der Waals surface area (Å²) >= 11 is 0. The molecule has 22 heavy (non-hydrogen) atoms. The Balaban J connectivity index is 1.86. The van der Waals surface area contributed by atoms with Gasteiger partial charge in [-0.25, -0.2) is 0 Å². The summed E-state index contributed by atoms with van der Waals surface area (Å²) in [6, 6.07) is 7.77. The number of nitrogens with one attached hydrogen (secondary N) is 3. The molecule has 1 fully saturated rings. The van der Waals surface area contributed by atoms with E-state index < -0.39 is 5.54 Å². The highest BCUT2D eigenvalue weighted by Gasteiger charge is 2.38. The third-order valence-corrected chi connectivity index (χ3v) is 4.09. The van der Waals surface area contributed by atoms with Crippen molar-refractivity contribution in [1.29, 1.82) is 0 Å². The lowest BCUT2D eigenvalue weighted by atomic mass is 9.87. The second-order valence-corrected chi connectivity index (χ2v) is 5.45. The van der Waals surface area contributed by atoms with Crippen molar-refractivity contribution in [3.63, 3.8) is 0 Å². The number of carbonyl (C=O) groups excluding carboxylic acids is 2. The van der Waals surface area contributed by atoms with E-state index in [0.717, 1.165) is 30.8 Å². The fraction of sp³-hybridized carbons (Fsp3) is 0.500. The van der Waals surface area contributed by atoms with Crippen molar-refractivity contribution >= 4 is 12.3 Å². The quantitative estimate of drug-likeness (QED) is 0.630. The van der Waals surface area contributed by atoms with Crippen LogP contribution in [-0.4, -0.2) is 44.6 Å². The zero-order valence-electron chi connectivity index (χ0n) is 12.9. The Morgan fingerprint density at radius 2 is 2.00 bits per heavy atom. The zero-order chi connectivity index (χ0) is 15.8. The molecule has 6 heteroatoms. The average Bonchev–Trinajstić information content (AvgIpc) is 2.56. The number of ether oxygens (including phenoxy) is 1. The van der Waals surface area contributed by atoms with Crippen LogP contribution in [0, 0.1) is 0 Å². The van der Waals surface area contributed by atoms with Gasteiger partial charge in [-0.2, -0.15) is 0 Å². The van der Waals surface area contributed by atoms with Crippen molar-refractivity contribution in [3.05, 3.63) is 29.8 Å². The van der Waals surface area contributed by atoms with E-state index in [4.69, 9.17) is 4.74 Å². The summed E-state index contributed by atoms with van der Waals surface area (Å²) in [5, 5.41) is 8.85. The Hall–Kier alpha value is -2.08. The number of hydrogen-bond acceptors (Lipinski definition) is 4. The fourth-order valence-electron chi connectivity index (χ4n) is 2.69. The fourth-order valence-corrected chi connectivity index (χ4v) is 2.69. The van der Waals surface area contributed by atoms with E-state index in [9.17, 15) is 9.59 Å². The van der Waals surface area contributed by atoms with Gasteiger partial charge < -0.3 is 20.7 Å². The van der Waals surface area contributed by atoms with Gasteiger partial charge in [0.15, 0.2) is 0 Å². The molecule has 1 aromatic carbocycles. The Morgan fingerprint density at radius 3 is 2.59 bits per heavy atom. The first kappa shape index (κ1) is 16.3. The van der Waals surface area contributed by atoms with E-state index in [1.54, 1.807) is 7.11 Å². The zero-order valence-corrected chi connectivity index (χ0v) is 12.9. The summed E-state index contributed by atoms with van der Waals surface area (Å²) in [7, 11) is 1.63. The summed E-state index contributed by atoms with van der Waals surface area (Å²) in [4.78, 5) is 23.2. The second kappa shape index (κ2) is 7.79. The van der Waals surface area contributed by atoms with E-state index in [-0.39, 0.29) is 5.91 Å². The molecule has 1 aliphatic rings. The monoisotopic (exact) mass is 305 g/mol. The minimum Gasteiger partial charge on any atom is -0.497 e. The maximum Gasteiger partial charge on any atom is 0.245 e. The largest absolute Gasteiger partial charge is 0.497 e. The third kappa shape index (κ3) is 3.98. The first-order chi connectivity index (χ1) is 10.7. The van der Waals surface area contributed by atoms with Gasteiger partial charge in [0.05, 0.1) is 7.11 Å². The van der Waals surface area contributed by atoms with Gasteiger partial charge in [0, 0.05) is 6.54 Å². The van der Waals surface area contributed by atoms with Gasteiger partial charge in [-0.15, -0.1) is 0 Å². The maximum atomic E-state index is 12.4. The van der Waals surface area contributed by atoms with Gasteiger partial charge >= 0.3 is 0 Å². The molecular weight excluding hydrogens is 282 g/mol. The predicted molar refractivity (Wildman–Crippen MR) is 83.7 cm³/mol. The molecule has 1 aromatic rings. The molecule has 2 rings (SSSR count). The SMILES string of the molecule is COc1ccc(CCNC(=O)C2(NC=O)CCNCC2)cc1. The molecule has 6 nitrogen and oxygen atoms in total. The normalized spacial score (nSPS) is 16.6. The Labute approximate surface area is 130 Å². The van der Waals surface area contributed by atoms with E-state index >= 15 is 0 Å². The van der Waals surface area contributed by atoms with Crippen molar-refractivity contribution in [2.75, 3.05) is 26.7 Å². The molecule has 0 spiro atoms. The molecular formula is C16H23N3O3. The molecule has 0 saturated carbocycles. The van der Waals surface area contributed by atoms with Crippen molar-refractivity contribution in [3.8, 4) is 5.75 Å². The van der Waals surface area contributed by atoms with Gasteiger partial charge in [-0.3, -0.25) is 9.59 Å². The van der Waals surface area contributed by atoms with Gasteiger partial charge in [0.2, 0.25) is 12.3 Å². The number of hydrogen-bond donors (Lipinski definition) is 3. The van der Waals surface area contributed by atoms with E-state index in [0.29, 0.717) is 25.8 Å². The number of benzene rings is 1. The molecule has 3 N–H and O–H groups in total. The van der Waals surface area contributed by atoms with Gasteiger partial charge in [0.25, 0.3) is 0 Å². The van der Waals surface area contributed by atoms with Gasteiger partial charge in [-0.05, 0) is 50.0 Å². The molecule has 1 aliphatic heterocycles. The minimum absolute atomic E-state index is 0.102. The molecule has 0 radical (unpaired) electrons. The van der Waals surface area contributed by atoms with Crippen LogP contribution in [0.4, 0.5) is 0 Å². The number of rotatable bonds is 7. The number of piperidine rings is 1. The summed E-state index contributed by atoms with van der Waals surface area (Å²) in [6.07, 6.45) is 2.58. The molecule has 0 bridgehead atoms. The third-order valence-electron chi connectivity index (χ3n) is 4.09. The minimum atomic E-state index is -0.771. The van der Waals surface area contributed by atoms with E-state index in [1.165, 1.54) is 0 Å². The first-order valence-corrected chi connectivity index (χ1v) is 7.53. The number of methoxy groups -OCH3 is 1. The van der Waals surface area contributed by atoms with Gasteiger partial charge in [-0.1, -0.05) is 12.1 Å². The Morgan fingerprint density at radius 1 is 1.32 bits per heavy atom. The number of carbonyl (C=O) groups is 2. The van der Waals surface area contributed by atoms with Crippen LogP contribution in [0.25, 0.3) is 0 Å². The lowest BCUT2D eigenvalue weighted by molar-refractivity contribution is -0.131. The molecule has 0 aliphatic carbocycles. The second-order valence-electron chi connectivity index (χ2n) is 5.45. The molecule has 0 unspecified atom stereocenters. The van der Waals surface area contributed by atoms with Crippen LogP contribution in [-0.2, 0) is 16.0 Å². The van der Waals surface area contributed by atoms with Crippen LogP contribution in [0.15, 0.2) is 24.3 Å². The van der Waals surface area contributed by atoms with E-state index in [2.05, 4.69) is 16.0 Å². The molecule has 1 saturated heterocycles. The molecule has 0 atom stereocenters. The van der Waals surface area contributed by atoms with Crippen LogP contribution >= 0.6 is 0 Å². The van der Waals surface area contributed by atoms with Crippen LogP contribution < -0.4 is 20.7 Å². The predicted octanol–water partition coefficient (Wildman–Crippen LogP) is 0.222. The molecule has 0 aromatic heterocycles. The summed E-state index contributed by atoms with van der Waals surface area (Å²) in [5.41, 5.74) is 0.358. The van der Waals surface area contributed by atoms with Crippen LogP contribution in [0.2, 0.25) is 0 Å². The van der Waals surface area contributed by atoms with Crippen molar-refractivity contribution in [2.45, 2.75) is 24.8 Å². The molecule has 1 heterocycles. The summed E-state index contributed by atoms with van der Waals surface area (Å²) in [6.45, 7) is 2.00. The van der Waals surface area contributed by atoms with Crippen LogP contribution in [0.1, 0.15) is 18.4 Å². The highest BCUT2D eigenvalue weighted by atomic mass is 16.5. The highest BCUT2D eigenvalue weighted by Crippen LogP contribution is 2.18. The topological polar surface area (TPSA) is 79.5 Å². The van der Waals surface area contributed by atoms with Crippen molar-refractivity contribution in [1.82, 2.24) is 16.0 Å². The summed E-state index contributed by atoms with van der Waals surface area (Å²) in [5.74, 6) is 0.714. The highest BCUT2D eigenvalue weighted by molar-refractivity contribution is 5.88. The lowest BCUT2D eigenvalue weighted by Crippen LogP contribution is -2.61. The Kier molecular flexibility index (Phi) is 5.77.